The number of hydrogen-bond acceptors (Lipinski definition) is 3. The summed E-state index contributed by atoms with van der Waals surface area (Å²) < 4.78 is 11.1. The molecule has 0 aromatic heterocycles. The standard InChI is InChI=1S/C17H16O3/c1-19-16-10-9-14(8-5-11-18)12-17(16)20-13-15-6-3-2-4-7-15/h2-12H,13H2,1H3. The Morgan fingerprint density at radius 1 is 1.05 bits per heavy atom. The minimum atomic E-state index is 0.470. The van der Waals surface area contributed by atoms with Gasteiger partial charge in [0.2, 0.25) is 0 Å². The first-order valence-corrected chi connectivity index (χ1v) is 6.30. The topological polar surface area (TPSA) is 35.5 Å². The molecule has 0 saturated carbocycles. The fraction of sp³-hybridized carbons (Fsp3) is 0.118. The van der Waals surface area contributed by atoms with E-state index in [2.05, 4.69) is 0 Å². The Balaban J connectivity index is 2.15. The largest absolute Gasteiger partial charge is 0.493 e. The fourth-order valence-corrected chi connectivity index (χ4v) is 1.80. The number of carbonyl (C=O) groups is 1. The Bertz CT molecular complexity index is 588. The molecule has 0 bridgehead atoms. The van der Waals surface area contributed by atoms with Gasteiger partial charge in [0, 0.05) is 0 Å². The Labute approximate surface area is 118 Å². The first-order chi connectivity index (χ1) is 9.83. The molecule has 3 nitrogen and oxygen atoms in total. The lowest BCUT2D eigenvalue weighted by Crippen LogP contribution is -1.97. The molecule has 0 radical (unpaired) electrons. The zero-order valence-electron chi connectivity index (χ0n) is 11.3. The van der Waals surface area contributed by atoms with Crippen LogP contribution in [0.3, 0.4) is 0 Å². The van der Waals surface area contributed by atoms with Crippen molar-refractivity contribution in [3.8, 4) is 11.5 Å². The Kier molecular flexibility index (Phi) is 4.95. The van der Waals surface area contributed by atoms with Crippen LogP contribution in [0.25, 0.3) is 6.08 Å². The molecule has 0 aliphatic carbocycles. The number of ether oxygens (including phenoxy) is 2. The minimum absolute atomic E-state index is 0.470. The summed E-state index contributed by atoms with van der Waals surface area (Å²) in [6.45, 7) is 0.470. The smallest absolute Gasteiger partial charge is 0.162 e. The zero-order chi connectivity index (χ0) is 14.2. The van der Waals surface area contributed by atoms with Gasteiger partial charge in [-0.3, -0.25) is 4.79 Å². The van der Waals surface area contributed by atoms with E-state index in [1.54, 1.807) is 13.2 Å². The second-order valence-electron chi connectivity index (χ2n) is 4.18. The van der Waals surface area contributed by atoms with Gasteiger partial charge in [-0.2, -0.15) is 0 Å². The molecule has 0 heterocycles. The summed E-state index contributed by atoms with van der Waals surface area (Å²) in [4.78, 5) is 10.4. The molecule has 2 rings (SSSR count). The van der Waals surface area contributed by atoms with Gasteiger partial charge < -0.3 is 9.47 Å². The van der Waals surface area contributed by atoms with E-state index in [0.717, 1.165) is 17.4 Å². The quantitative estimate of drug-likeness (QED) is 0.594. The highest BCUT2D eigenvalue weighted by Crippen LogP contribution is 2.29. The molecular weight excluding hydrogens is 252 g/mol. The van der Waals surface area contributed by atoms with E-state index in [0.29, 0.717) is 18.1 Å². The highest BCUT2D eigenvalue weighted by Gasteiger charge is 2.05. The van der Waals surface area contributed by atoms with Crippen molar-refractivity contribution in [2.75, 3.05) is 7.11 Å². The molecule has 0 aliphatic heterocycles. The summed E-state index contributed by atoms with van der Waals surface area (Å²) in [6.07, 6.45) is 3.92. The molecular formula is C17H16O3. The van der Waals surface area contributed by atoms with Crippen molar-refractivity contribution in [3.05, 3.63) is 65.7 Å². The van der Waals surface area contributed by atoms with E-state index in [1.165, 1.54) is 6.08 Å². The first kappa shape index (κ1) is 13.9. The first-order valence-electron chi connectivity index (χ1n) is 6.30. The second kappa shape index (κ2) is 7.14. The van der Waals surface area contributed by atoms with Crippen molar-refractivity contribution in [1.82, 2.24) is 0 Å². The van der Waals surface area contributed by atoms with Gasteiger partial charge in [0.25, 0.3) is 0 Å². The number of allylic oxidation sites excluding steroid dienone is 1. The lowest BCUT2D eigenvalue weighted by Gasteiger charge is -2.11. The summed E-state index contributed by atoms with van der Waals surface area (Å²) in [5.74, 6) is 1.33. The van der Waals surface area contributed by atoms with Crippen LogP contribution in [0.15, 0.2) is 54.6 Å². The highest BCUT2D eigenvalue weighted by molar-refractivity contribution is 5.74. The molecule has 102 valence electrons. The number of aldehydes is 1. The third kappa shape index (κ3) is 3.72. The normalized spacial score (nSPS) is 10.4. The summed E-state index contributed by atoms with van der Waals surface area (Å²) in [6, 6.07) is 15.5. The SMILES string of the molecule is COc1ccc(C=CC=O)cc1OCc1ccccc1. The molecule has 2 aromatic carbocycles. The van der Waals surface area contributed by atoms with Gasteiger partial charge in [0.1, 0.15) is 12.9 Å². The highest BCUT2D eigenvalue weighted by atomic mass is 16.5. The molecule has 0 unspecified atom stereocenters. The van der Waals surface area contributed by atoms with Crippen molar-refractivity contribution in [2.45, 2.75) is 6.61 Å². The van der Waals surface area contributed by atoms with Crippen molar-refractivity contribution in [2.24, 2.45) is 0 Å². The predicted octanol–water partition coefficient (Wildman–Crippen LogP) is 3.49. The number of hydrogen-bond donors (Lipinski definition) is 0. The lowest BCUT2D eigenvalue weighted by atomic mass is 10.2. The summed E-state index contributed by atoms with van der Waals surface area (Å²) in [7, 11) is 1.60. The Morgan fingerprint density at radius 2 is 1.85 bits per heavy atom. The van der Waals surface area contributed by atoms with Crippen LogP contribution in [-0.4, -0.2) is 13.4 Å². The van der Waals surface area contributed by atoms with Gasteiger partial charge in [0.05, 0.1) is 7.11 Å². The maximum absolute atomic E-state index is 10.4. The third-order valence-electron chi connectivity index (χ3n) is 2.79. The number of rotatable bonds is 6. The Morgan fingerprint density at radius 3 is 2.55 bits per heavy atom. The van der Waals surface area contributed by atoms with Crippen LogP contribution in [0.1, 0.15) is 11.1 Å². The van der Waals surface area contributed by atoms with Crippen LogP contribution in [0.4, 0.5) is 0 Å². The average molecular weight is 268 g/mol. The molecule has 2 aromatic rings. The van der Waals surface area contributed by atoms with Gasteiger partial charge in [-0.05, 0) is 29.3 Å². The molecule has 20 heavy (non-hydrogen) atoms. The minimum Gasteiger partial charge on any atom is -0.493 e. The molecule has 0 fully saturated rings. The van der Waals surface area contributed by atoms with Gasteiger partial charge >= 0.3 is 0 Å². The molecule has 0 amide bonds. The molecule has 3 heteroatoms. The van der Waals surface area contributed by atoms with Crippen LogP contribution >= 0.6 is 0 Å². The molecule has 0 saturated heterocycles. The zero-order valence-corrected chi connectivity index (χ0v) is 11.3. The van der Waals surface area contributed by atoms with Crippen molar-refractivity contribution >= 4 is 12.4 Å². The molecule has 0 spiro atoms. The summed E-state index contributed by atoms with van der Waals surface area (Å²) >= 11 is 0. The van der Waals surface area contributed by atoms with E-state index in [4.69, 9.17) is 9.47 Å². The van der Waals surface area contributed by atoms with Crippen LogP contribution in [0.5, 0.6) is 11.5 Å². The molecule has 0 N–H and O–H groups in total. The average Bonchev–Trinajstić information content (AvgIpc) is 2.52. The van der Waals surface area contributed by atoms with E-state index >= 15 is 0 Å². The van der Waals surface area contributed by atoms with Gasteiger partial charge in [-0.15, -0.1) is 0 Å². The molecule has 0 aliphatic rings. The van der Waals surface area contributed by atoms with E-state index < -0.39 is 0 Å². The monoisotopic (exact) mass is 268 g/mol. The van der Waals surface area contributed by atoms with Crippen LogP contribution in [-0.2, 0) is 11.4 Å². The lowest BCUT2D eigenvalue weighted by molar-refractivity contribution is -0.104. The number of methoxy groups -OCH3 is 1. The second-order valence-corrected chi connectivity index (χ2v) is 4.18. The Hall–Kier alpha value is -2.55. The van der Waals surface area contributed by atoms with Crippen LogP contribution in [0.2, 0.25) is 0 Å². The van der Waals surface area contributed by atoms with Crippen molar-refractivity contribution in [3.63, 3.8) is 0 Å². The summed E-state index contributed by atoms with van der Waals surface area (Å²) in [5, 5.41) is 0. The van der Waals surface area contributed by atoms with Crippen LogP contribution < -0.4 is 9.47 Å². The van der Waals surface area contributed by atoms with Crippen molar-refractivity contribution in [1.29, 1.82) is 0 Å². The number of benzene rings is 2. The van der Waals surface area contributed by atoms with Crippen molar-refractivity contribution < 1.29 is 14.3 Å². The van der Waals surface area contributed by atoms with Gasteiger partial charge in [-0.25, -0.2) is 0 Å². The molecule has 0 atom stereocenters. The summed E-state index contributed by atoms with van der Waals surface area (Å²) in [5.41, 5.74) is 1.98. The maximum Gasteiger partial charge on any atom is 0.162 e. The van der Waals surface area contributed by atoms with E-state index in [1.807, 2.05) is 48.5 Å². The third-order valence-corrected chi connectivity index (χ3v) is 2.79. The van der Waals surface area contributed by atoms with E-state index in [-0.39, 0.29) is 0 Å². The van der Waals surface area contributed by atoms with Crippen LogP contribution in [0, 0.1) is 0 Å². The van der Waals surface area contributed by atoms with Gasteiger partial charge in [-0.1, -0.05) is 42.5 Å². The maximum atomic E-state index is 10.4. The predicted molar refractivity (Wildman–Crippen MR) is 78.9 cm³/mol. The van der Waals surface area contributed by atoms with E-state index in [9.17, 15) is 4.79 Å². The number of carbonyl (C=O) groups excluding carboxylic acids is 1. The fourth-order valence-electron chi connectivity index (χ4n) is 1.80. The van der Waals surface area contributed by atoms with Gasteiger partial charge in [0.15, 0.2) is 11.5 Å².